The van der Waals surface area contributed by atoms with E-state index in [2.05, 4.69) is 13.5 Å². The van der Waals surface area contributed by atoms with Crippen LogP contribution in [0.15, 0.2) is 36.4 Å². The van der Waals surface area contributed by atoms with Gasteiger partial charge in [0, 0.05) is 11.8 Å². The Morgan fingerprint density at radius 3 is 2.92 bits per heavy atom. The highest BCUT2D eigenvalue weighted by Crippen LogP contribution is 2.15. The van der Waals surface area contributed by atoms with Crippen LogP contribution in [0, 0.1) is 0 Å². The molecule has 2 nitrogen and oxygen atoms in total. The molecule has 0 fully saturated rings. The molecule has 0 spiro atoms. The highest BCUT2D eigenvalue weighted by Gasteiger charge is 1.95. The molecule has 0 aliphatic carbocycles. The van der Waals surface area contributed by atoms with Crippen LogP contribution in [0.1, 0.15) is 13.3 Å². The molecule has 0 aromatic heterocycles. The van der Waals surface area contributed by atoms with Crippen LogP contribution in [0.4, 0.5) is 5.69 Å². The number of nitrogen functional groups attached to an aromatic ring is 1. The lowest BCUT2D eigenvalue weighted by molar-refractivity contribution is 0.349. The first-order chi connectivity index (χ1) is 6.22. The van der Waals surface area contributed by atoms with E-state index in [1.807, 2.05) is 24.3 Å². The number of rotatable bonds is 4. The SMILES string of the molecule is C=C(CC)COc1cccc(N)c1. The van der Waals surface area contributed by atoms with Gasteiger partial charge in [-0.25, -0.2) is 0 Å². The average Bonchev–Trinajstić information content (AvgIpc) is 2.14. The number of hydrogen-bond donors (Lipinski definition) is 1. The third-order valence-electron chi connectivity index (χ3n) is 1.80. The van der Waals surface area contributed by atoms with E-state index in [4.69, 9.17) is 10.5 Å². The summed E-state index contributed by atoms with van der Waals surface area (Å²) in [4.78, 5) is 0. The Kier molecular flexibility index (Phi) is 3.38. The van der Waals surface area contributed by atoms with Gasteiger partial charge in [0.2, 0.25) is 0 Å². The first kappa shape index (κ1) is 9.65. The topological polar surface area (TPSA) is 35.2 Å². The highest BCUT2D eigenvalue weighted by atomic mass is 16.5. The van der Waals surface area contributed by atoms with Gasteiger partial charge in [0.15, 0.2) is 0 Å². The lowest BCUT2D eigenvalue weighted by atomic mass is 10.2. The maximum atomic E-state index is 5.60. The molecule has 70 valence electrons. The fourth-order valence-electron chi connectivity index (χ4n) is 0.892. The molecule has 0 heterocycles. The van der Waals surface area contributed by atoms with Crippen LogP contribution < -0.4 is 10.5 Å². The van der Waals surface area contributed by atoms with E-state index in [-0.39, 0.29) is 0 Å². The van der Waals surface area contributed by atoms with Crippen LogP contribution in [0.3, 0.4) is 0 Å². The molecule has 2 N–H and O–H groups in total. The molecule has 1 rings (SSSR count). The highest BCUT2D eigenvalue weighted by molar-refractivity contribution is 5.43. The van der Waals surface area contributed by atoms with Crippen molar-refractivity contribution in [3.8, 4) is 5.75 Å². The molecule has 0 saturated carbocycles. The molecule has 13 heavy (non-hydrogen) atoms. The quantitative estimate of drug-likeness (QED) is 0.566. The molecular formula is C11H15NO. The summed E-state index contributed by atoms with van der Waals surface area (Å²) >= 11 is 0. The lowest BCUT2D eigenvalue weighted by Crippen LogP contribution is -1.99. The number of nitrogens with two attached hydrogens (primary N) is 1. The van der Waals surface area contributed by atoms with Crippen molar-refractivity contribution < 1.29 is 4.74 Å². The Morgan fingerprint density at radius 2 is 2.31 bits per heavy atom. The smallest absolute Gasteiger partial charge is 0.121 e. The number of hydrogen-bond acceptors (Lipinski definition) is 2. The van der Waals surface area contributed by atoms with Crippen LogP contribution in [0.25, 0.3) is 0 Å². The third-order valence-corrected chi connectivity index (χ3v) is 1.80. The minimum absolute atomic E-state index is 0.569. The van der Waals surface area contributed by atoms with E-state index in [0.717, 1.165) is 23.4 Å². The number of ether oxygens (including phenoxy) is 1. The predicted molar refractivity (Wildman–Crippen MR) is 55.8 cm³/mol. The Balaban J connectivity index is 2.50. The van der Waals surface area contributed by atoms with Gasteiger partial charge >= 0.3 is 0 Å². The van der Waals surface area contributed by atoms with Gasteiger partial charge < -0.3 is 10.5 Å². The van der Waals surface area contributed by atoms with Crippen molar-refractivity contribution in [1.82, 2.24) is 0 Å². The standard InChI is InChI=1S/C11H15NO/c1-3-9(2)8-13-11-6-4-5-10(12)7-11/h4-7H,2-3,8,12H2,1H3. The predicted octanol–water partition coefficient (Wildman–Crippen LogP) is 2.61. The number of anilines is 1. The van der Waals surface area contributed by atoms with Crippen molar-refractivity contribution >= 4 is 5.69 Å². The Labute approximate surface area is 79.0 Å². The normalized spacial score (nSPS) is 9.62. The summed E-state index contributed by atoms with van der Waals surface area (Å²) in [5, 5.41) is 0. The van der Waals surface area contributed by atoms with Crippen LogP contribution >= 0.6 is 0 Å². The second-order valence-corrected chi connectivity index (χ2v) is 2.96. The molecule has 0 atom stereocenters. The van der Waals surface area contributed by atoms with Crippen molar-refractivity contribution in [1.29, 1.82) is 0 Å². The van der Waals surface area contributed by atoms with Gasteiger partial charge in [-0.2, -0.15) is 0 Å². The Hall–Kier alpha value is -1.44. The summed E-state index contributed by atoms with van der Waals surface area (Å²) in [5.41, 5.74) is 7.40. The maximum Gasteiger partial charge on any atom is 0.121 e. The van der Waals surface area contributed by atoms with E-state index in [0.29, 0.717) is 6.61 Å². The summed E-state index contributed by atoms with van der Waals surface area (Å²) in [6, 6.07) is 7.41. The van der Waals surface area contributed by atoms with Crippen molar-refractivity contribution in [3.05, 3.63) is 36.4 Å². The van der Waals surface area contributed by atoms with Gasteiger partial charge in [0.05, 0.1) is 0 Å². The van der Waals surface area contributed by atoms with Crippen molar-refractivity contribution in [2.24, 2.45) is 0 Å². The maximum absolute atomic E-state index is 5.60. The first-order valence-electron chi connectivity index (χ1n) is 4.37. The first-order valence-corrected chi connectivity index (χ1v) is 4.37. The summed E-state index contributed by atoms with van der Waals surface area (Å²) in [5.74, 6) is 0.801. The fraction of sp³-hybridized carbons (Fsp3) is 0.273. The van der Waals surface area contributed by atoms with Gasteiger partial charge in [0.25, 0.3) is 0 Å². The van der Waals surface area contributed by atoms with Gasteiger partial charge in [-0.1, -0.05) is 19.6 Å². The molecule has 0 aliphatic rings. The van der Waals surface area contributed by atoms with E-state index >= 15 is 0 Å². The van der Waals surface area contributed by atoms with Gasteiger partial charge in [-0.05, 0) is 24.1 Å². The summed E-state index contributed by atoms with van der Waals surface area (Å²) in [7, 11) is 0. The minimum Gasteiger partial charge on any atom is -0.489 e. The fourth-order valence-corrected chi connectivity index (χ4v) is 0.892. The van der Waals surface area contributed by atoms with Crippen LogP contribution in [-0.2, 0) is 0 Å². The van der Waals surface area contributed by atoms with Crippen molar-refractivity contribution in [2.75, 3.05) is 12.3 Å². The minimum atomic E-state index is 0.569. The van der Waals surface area contributed by atoms with E-state index < -0.39 is 0 Å². The largest absolute Gasteiger partial charge is 0.489 e. The average molecular weight is 177 g/mol. The summed E-state index contributed by atoms with van der Waals surface area (Å²) in [6.45, 7) is 6.48. The third kappa shape index (κ3) is 3.20. The summed E-state index contributed by atoms with van der Waals surface area (Å²) < 4.78 is 5.46. The van der Waals surface area contributed by atoms with Gasteiger partial charge in [0.1, 0.15) is 12.4 Å². The Bertz CT molecular complexity index is 294. The van der Waals surface area contributed by atoms with Crippen LogP contribution in [0.5, 0.6) is 5.75 Å². The molecule has 0 amide bonds. The van der Waals surface area contributed by atoms with Gasteiger partial charge in [-0.15, -0.1) is 0 Å². The molecule has 0 bridgehead atoms. The number of benzene rings is 1. The monoisotopic (exact) mass is 177 g/mol. The van der Waals surface area contributed by atoms with Gasteiger partial charge in [-0.3, -0.25) is 0 Å². The zero-order chi connectivity index (χ0) is 9.68. The van der Waals surface area contributed by atoms with Crippen molar-refractivity contribution in [2.45, 2.75) is 13.3 Å². The van der Waals surface area contributed by atoms with E-state index in [9.17, 15) is 0 Å². The van der Waals surface area contributed by atoms with Crippen LogP contribution in [-0.4, -0.2) is 6.61 Å². The second-order valence-electron chi connectivity index (χ2n) is 2.96. The molecule has 1 aromatic carbocycles. The van der Waals surface area contributed by atoms with E-state index in [1.54, 1.807) is 0 Å². The van der Waals surface area contributed by atoms with E-state index in [1.165, 1.54) is 0 Å². The molecular weight excluding hydrogens is 162 g/mol. The zero-order valence-electron chi connectivity index (χ0n) is 7.92. The molecule has 0 saturated heterocycles. The molecule has 2 heteroatoms. The second kappa shape index (κ2) is 4.55. The zero-order valence-corrected chi connectivity index (χ0v) is 7.92. The van der Waals surface area contributed by atoms with Crippen molar-refractivity contribution in [3.63, 3.8) is 0 Å². The molecule has 1 aromatic rings. The molecule has 0 radical (unpaired) electrons. The lowest BCUT2D eigenvalue weighted by Gasteiger charge is -2.07. The Morgan fingerprint density at radius 1 is 1.54 bits per heavy atom. The molecule has 0 unspecified atom stereocenters. The summed E-state index contributed by atoms with van der Waals surface area (Å²) in [6.07, 6.45) is 0.947. The van der Waals surface area contributed by atoms with Crippen LogP contribution in [0.2, 0.25) is 0 Å². The molecule has 0 aliphatic heterocycles.